The van der Waals surface area contributed by atoms with Crippen LogP contribution in [-0.4, -0.2) is 9.78 Å². The van der Waals surface area contributed by atoms with Crippen LogP contribution in [0.3, 0.4) is 0 Å². The van der Waals surface area contributed by atoms with Crippen molar-refractivity contribution in [2.75, 3.05) is 5.73 Å². The van der Waals surface area contributed by atoms with Crippen molar-refractivity contribution in [3.8, 4) is 11.5 Å². The van der Waals surface area contributed by atoms with Crippen molar-refractivity contribution in [3.63, 3.8) is 0 Å². The minimum absolute atomic E-state index is 0.0305. The fraction of sp³-hybridized carbons (Fsp3) is 0.182. The summed E-state index contributed by atoms with van der Waals surface area (Å²) in [6.07, 6.45) is 3.27. The van der Waals surface area contributed by atoms with E-state index in [0.29, 0.717) is 11.5 Å². The van der Waals surface area contributed by atoms with Crippen molar-refractivity contribution in [2.45, 2.75) is 13.5 Å². The molecule has 0 radical (unpaired) electrons. The predicted octanol–water partition coefficient (Wildman–Crippen LogP) is 3.07. The zero-order valence-corrected chi connectivity index (χ0v) is 9.91. The Labute approximate surface area is 103 Å². The molecule has 1 heterocycles. The monoisotopic (exact) mass is 255 g/mol. The number of halogens is 2. The first-order chi connectivity index (χ1) is 8.10. The minimum Gasteiger partial charge on any atom is -0.452 e. The van der Waals surface area contributed by atoms with Gasteiger partial charge in [-0.3, -0.25) is 4.68 Å². The van der Waals surface area contributed by atoms with Gasteiger partial charge in [0.1, 0.15) is 5.82 Å². The second-order valence-corrected chi connectivity index (χ2v) is 3.85. The first-order valence-corrected chi connectivity index (χ1v) is 5.42. The lowest BCUT2D eigenvalue weighted by atomic mass is 10.3. The van der Waals surface area contributed by atoms with E-state index in [0.717, 1.165) is 12.6 Å². The van der Waals surface area contributed by atoms with Crippen molar-refractivity contribution in [3.05, 3.63) is 35.4 Å². The Kier molecular flexibility index (Phi) is 3.19. The SMILES string of the molecule is CCn1cc(Oc2cc(Cl)c(F)cc2N)cn1. The van der Waals surface area contributed by atoms with E-state index in [9.17, 15) is 4.39 Å². The highest BCUT2D eigenvalue weighted by atomic mass is 35.5. The van der Waals surface area contributed by atoms with Gasteiger partial charge in [-0.05, 0) is 6.92 Å². The fourth-order valence-corrected chi connectivity index (χ4v) is 1.48. The van der Waals surface area contributed by atoms with Crippen LogP contribution < -0.4 is 10.5 Å². The van der Waals surface area contributed by atoms with Gasteiger partial charge in [-0.1, -0.05) is 11.6 Å². The number of ether oxygens (including phenoxy) is 1. The first-order valence-electron chi connectivity index (χ1n) is 5.05. The van der Waals surface area contributed by atoms with Gasteiger partial charge in [0.2, 0.25) is 0 Å². The summed E-state index contributed by atoms with van der Waals surface area (Å²) in [5.74, 6) is 0.272. The molecule has 2 rings (SSSR count). The largest absolute Gasteiger partial charge is 0.452 e. The van der Waals surface area contributed by atoms with Crippen LogP contribution >= 0.6 is 11.6 Å². The molecule has 1 aromatic carbocycles. The third-order valence-electron chi connectivity index (χ3n) is 2.21. The van der Waals surface area contributed by atoms with Gasteiger partial charge < -0.3 is 10.5 Å². The van der Waals surface area contributed by atoms with E-state index < -0.39 is 5.82 Å². The van der Waals surface area contributed by atoms with E-state index in [1.54, 1.807) is 17.1 Å². The number of anilines is 1. The van der Waals surface area contributed by atoms with E-state index >= 15 is 0 Å². The Balaban J connectivity index is 2.26. The number of hydrogen-bond acceptors (Lipinski definition) is 3. The van der Waals surface area contributed by atoms with Gasteiger partial charge in [0.05, 0.1) is 23.1 Å². The van der Waals surface area contributed by atoms with Crippen LogP contribution in [-0.2, 0) is 6.54 Å². The Hall–Kier alpha value is -1.75. The number of nitrogens with two attached hydrogens (primary N) is 1. The third-order valence-corrected chi connectivity index (χ3v) is 2.50. The molecule has 17 heavy (non-hydrogen) atoms. The summed E-state index contributed by atoms with van der Waals surface area (Å²) >= 11 is 5.65. The zero-order valence-electron chi connectivity index (χ0n) is 9.15. The molecular weight excluding hydrogens is 245 g/mol. The molecule has 0 amide bonds. The van der Waals surface area contributed by atoms with Crippen LogP contribution in [0.1, 0.15) is 6.92 Å². The maximum atomic E-state index is 13.1. The second kappa shape index (κ2) is 4.63. The summed E-state index contributed by atoms with van der Waals surface area (Å²) in [5, 5.41) is 4.01. The normalized spacial score (nSPS) is 10.5. The molecule has 0 aliphatic rings. The number of aromatic nitrogens is 2. The average Bonchev–Trinajstić information content (AvgIpc) is 2.73. The highest BCUT2D eigenvalue weighted by Crippen LogP contribution is 2.31. The van der Waals surface area contributed by atoms with Crippen LogP contribution in [0.5, 0.6) is 11.5 Å². The molecule has 0 bridgehead atoms. The van der Waals surface area contributed by atoms with Crippen LogP contribution in [0.4, 0.5) is 10.1 Å². The third kappa shape index (κ3) is 2.50. The Morgan fingerprint density at radius 1 is 1.53 bits per heavy atom. The minimum atomic E-state index is -0.569. The predicted molar refractivity (Wildman–Crippen MR) is 63.8 cm³/mol. The van der Waals surface area contributed by atoms with Crippen LogP contribution in [0.2, 0.25) is 5.02 Å². The van der Waals surface area contributed by atoms with Crippen molar-refractivity contribution < 1.29 is 9.13 Å². The summed E-state index contributed by atoms with van der Waals surface area (Å²) in [7, 11) is 0. The van der Waals surface area contributed by atoms with Crippen LogP contribution in [0.15, 0.2) is 24.5 Å². The van der Waals surface area contributed by atoms with Crippen LogP contribution in [0.25, 0.3) is 0 Å². The molecule has 2 N–H and O–H groups in total. The standard InChI is InChI=1S/C11H11ClFN3O/c1-2-16-6-7(5-15-16)17-11-3-8(12)9(13)4-10(11)14/h3-6H,2,14H2,1H3. The molecule has 0 fully saturated rings. The summed E-state index contributed by atoms with van der Waals surface area (Å²) in [5.41, 5.74) is 5.82. The molecule has 2 aromatic rings. The molecule has 0 aliphatic heterocycles. The highest BCUT2D eigenvalue weighted by Gasteiger charge is 2.09. The number of aryl methyl sites for hydroxylation is 1. The molecule has 0 unspecified atom stereocenters. The molecule has 0 aliphatic carbocycles. The molecule has 1 aromatic heterocycles. The van der Waals surface area contributed by atoms with Crippen LogP contribution in [0, 0.1) is 5.82 Å². The molecule has 0 saturated heterocycles. The fourth-order valence-electron chi connectivity index (χ4n) is 1.33. The number of benzene rings is 1. The zero-order chi connectivity index (χ0) is 12.4. The smallest absolute Gasteiger partial charge is 0.165 e. The van der Waals surface area contributed by atoms with E-state index in [1.165, 1.54) is 6.07 Å². The van der Waals surface area contributed by atoms with Gasteiger partial charge in [-0.15, -0.1) is 0 Å². The van der Waals surface area contributed by atoms with Gasteiger partial charge in [-0.2, -0.15) is 5.10 Å². The average molecular weight is 256 g/mol. The molecule has 90 valence electrons. The van der Waals surface area contributed by atoms with Gasteiger partial charge in [0, 0.05) is 18.7 Å². The Morgan fingerprint density at radius 3 is 2.94 bits per heavy atom. The molecule has 4 nitrogen and oxygen atoms in total. The van der Waals surface area contributed by atoms with E-state index in [2.05, 4.69) is 5.10 Å². The maximum absolute atomic E-state index is 13.1. The Bertz CT molecular complexity index is 542. The van der Waals surface area contributed by atoms with Gasteiger partial charge in [0.15, 0.2) is 11.5 Å². The lowest BCUT2D eigenvalue weighted by Crippen LogP contribution is -1.94. The van der Waals surface area contributed by atoms with Crippen molar-refractivity contribution >= 4 is 17.3 Å². The topological polar surface area (TPSA) is 53.1 Å². The van der Waals surface area contributed by atoms with E-state index in [4.69, 9.17) is 22.1 Å². The van der Waals surface area contributed by atoms with Gasteiger partial charge in [-0.25, -0.2) is 4.39 Å². The number of hydrogen-bond donors (Lipinski definition) is 1. The number of nitrogens with zero attached hydrogens (tertiary/aromatic N) is 2. The molecule has 6 heteroatoms. The molecule has 0 spiro atoms. The first kappa shape index (κ1) is 11.7. The molecule has 0 atom stereocenters. The summed E-state index contributed by atoms with van der Waals surface area (Å²) in [6.45, 7) is 2.70. The summed E-state index contributed by atoms with van der Waals surface area (Å²) in [4.78, 5) is 0. The Morgan fingerprint density at radius 2 is 2.29 bits per heavy atom. The summed E-state index contributed by atoms with van der Waals surface area (Å²) < 4.78 is 20.2. The lowest BCUT2D eigenvalue weighted by molar-refractivity contribution is 0.482. The summed E-state index contributed by atoms with van der Waals surface area (Å²) in [6, 6.07) is 2.47. The van der Waals surface area contributed by atoms with E-state index in [-0.39, 0.29) is 10.7 Å². The lowest BCUT2D eigenvalue weighted by Gasteiger charge is -2.07. The maximum Gasteiger partial charge on any atom is 0.165 e. The van der Waals surface area contributed by atoms with Crippen molar-refractivity contribution in [1.29, 1.82) is 0 Å². The molecule has 0 saturated carbocycles. The number of rotatable bonds is 3. The van der Waals surface area contributed by atoms with Crippen molar-refractivity contribution in [1.82, 2.24) is 9.78 Å². The van der Waals surface area contributed by atoms with E-state index in [1.807, 2.05) is 6.92 Å². The van der Waals surface area contributed by atoms with Gasteiger partial charge in [0.25, 0.3) is 0 Å². The quantitative estimate of drug-likeness (QED) is 0.858. The molecular formula is C11H11ClFN3O. The van der Waals surface area contributed by atoms with Gasteiger partial charge >= 0.3 is 0 Å². The highest BCUT2D eigenvalue weighted by molar-refractivity contribution is 6.31. The second-order valence-electron chi connectivity index (χ2n) is 3.44. The van der Waals surface area contributed by atoms with Crippen molar-refractivity contribution in [2.24, 2.45) is 0 Å². The number of nitrogen functional groups attached to an aromatic ring is 1.